The number of nitrogens with one attached hydrogen (secondary N) is 1. The maximum Gasteiger partial charge on any atom is 0.258 e. The highest BCUT2D eigenvalue weighted by Gasteiger charge is 2.24. The van der Waals surface area contributed by atoms with E-state index in [4.69, 9.17) is 0 Å². The molecule has 1 atom stereocenters. The van der Waals surface area contributed by atoms with Crippen molar-refractivity contribution >= 4 is 18.1 Å². The number of aromatic nitrogens is 2. The molecule has 3 aromatic rings. The van der Waals surface area contributed by atoms with Gasteiger partial charge >= 0.3 is 0 Å². The molecule has 2 aromatic heterocycles. The van der Waals surface area contributed by atoms with E-state index in [1.165, 1.54) is 11.1 Å². The van der Waals surface area contributed by atoms with Crippen LogP contribution in [0.1, 0.15) is 29.8 Å². The van der Waals surface area contributed by atoms with Gasteiger partial charge in [0.05, 0.1) is 5.69 Å². The Balaban J connectivity index is 0.00000210. The summed E-state index contributed by atoms with van der Waals surface area (Å²) in [6, 6.07) is 16.5. The van der Waals surface area contributed by atoms with Gasteiger partial charge in [-0.2, -0.15) is 0 Å². The minimum absolute atomic E-state index is 0. The number of fused-ring (bicyclic) bond motifs is 1. The van der Waals surface area contributed by atoms with Gasteiger partial charge in [-0.25, -0.2) is 4.98 Å². The predicted octanol–water partition coefficient (Wildman–Crippen LogP) is 2.83. The number of halogens is 1. The average molecular weight is 385 g/mol. The van der Waals surface area contributed by atoms with Crippen molar-refractivity contribution in [2.24, 2.45) is 0 Å². The van der Waals surface area contributed by atoms with Crippen LogP contribution >= 0.6 is 12.4 Å². The topological polar surface area (TPSA) is 49.6 Å². The van der Waals surface area contributed by atoms with E-state index in [2.05, 4.69) is 46.4 Å². The lowest BCUT2D eigenvalue weighted by atomic mass is 10.0. The summed E-state index contributed by atoms with van der Waals surface area (Å²) in [5, 5.41) is 3.49. The lowest BCUT2D eigenvalue weighted by molar-refractivity contribution is 0.152. The monoisotopic (exact) mass is 384 g/mol. The van der Waals surface area contributed by atoms with E-state index in [0.29, 0.717) is 18.2 Å². The van der Waals surface area contributed by atoms with Crippen LogP contribution in [0.25, 0.3) is 5.65 Å². The first-order valence-electron chi connectivity index (χ1n) is 9.25. The summed E-state index contributed by atoms with van der Waals surface area (Å²) in [6.07, 6.45) is 2.81. The number of rotatable bonds is 4. The smallest absolute Gasteiger partial charge is 0.258 e. The van der Waals surface area contributed by atoms with Gasteiger partial charge in [0.1, 0.15) is 5.65 Å². The van der Waals surface area contributed by atoms with E-state index in [0.717, 1.165) is 31.7 Å². The zero-order valence-corrected chi connectivity index (χ0v) is 16.3. The Bertz CT molecular complexity index is 954. The summed E-state index contributed by atoms with van der Waals surface area (Å²) in [5.74, 6) is 0. The van der Waals surface area contributed by atoms with Crippen LogP contribution in [0.3, 0.4) is 0 Å². The Labute approximate surface area is 165 Å². The third-order valence-corrected chi connectivity index (χ3v) is 5.12. The minimum atomic E-state index is -0.0235. The molecule has 6 heteroatoms. The Morgan fingerprint density at radius 1 is 1.19 bits per heavy atom. The van der Waals surface area contributed by atoms with Crippen molar-refractivity contribution in [3.63, 3.8) is 0 Å². The molecular weight excluding hydrogens is 360 g/mol. The maximum atomic E-state index is 12.4. The average Bonchev–Trinajstić information content (AvgIpc) is 2.69. The molecule has 0 bridgehead atoms. The highest BCUT2D eigenvalue weighted by Crippen LogP contribution is 2.24. The summed E-state index contributed by atoms with van der Waals surface area (Å²) in [4.78, 5) is 19.5. The second-order valence-electron chi connectivity index (χ2n) is 6.80. The molecule has 4 rings (SSSR count). The van der Waals surface area contributed by atoms with Crippen LogP contribution in [0.5, 0.6) is 0 Å². The molecule has 0 saturated carbocycles. The van der Waals surface area contributed by atoms with Crippen LogP contribution in [0, 0.1) is 0 Å². The van der Waals surface area contributed by atoms with Crippen molar-refractivity contribution in [1.82, 2.24) is 19.6 Å². The summed E-state index contributed by atoms with van der Waals surface area (Å²) in [6.45, 7) is 5.67. The molecule has 1 fully saturated rings. The molecule has 1 saturated heterocycles. The van der Waals surface area contributed by atoms with Crippen molar-refractivity contribution in [3.05, 3.63) is 81.9 Å². The van der Waals surface area contributed by atoms with Gasteiger partial charge in [0.25, 0.3) is 5.56 Å². The Morgan fingerprint density at radius 2 is 2.00 bits per heavy atom. The Hall–Kier alpha value is -2.21. The molecule has 0 radical (unpaired) electrons. The molecule has 0 spiro atoms. The summed E-state index contributed by atoms with van der Waals surface area (Å²) in [7, 11) is 0. The standard InChI is InChI=1S/C21H24N4O.ClH/c1-2-16-6-8-17(9-7-16)19-14-22-10-12-24(19)15-18-13-21(26)25-11-4-3-5-20(25)23-18;/h3-9,11,13,19,22H,2,10,12,14-15H2,1H3;1H. The number of hydrogen-bond donors (Lipinski definition) is 1. The number of piperazine rings is 1. The van der Waals surface area contributed by atoms with Crippen molar-refractivity contribution in [1.29, 1.82) is 0 Å². The molecule has 3 heterocycles. The first-order chi connectivity index (χ1) is 12.7. The minimum Gasteiger partial charge on any atom is -0.314 e. The fourth-order valence-corrected chi connectivity index (χ4v) is 3.63. The lowest BCUT2D eigenvalue weighted by Gasteiger charge is -2.36. The molecule has 0 aliphatic carbocycles. The zero-order chi connectivity index (χ0) is 17.9. The van der Waals surface area contributed by atoms with Crippen molar-refractivity contribution in [2.75, 3.05) is 19.6 Å². The Morgan fingerprint density at radius 3 is 2.78 bits per heavy atom. The van der Waals surface area contributed by atoms with Crippen LogP contribution in [-0.4, -0.2) is 33.9 Å². The van der Waals surface area contributed by atoms with Gasteiger partial charge in [-0.1, -0.05) is 37.3 Å². The normalized spacial score (nSPS) is 17.6. The number of aryl methyl sites for hydroxylation is 1. The first kappa shape index (κ1) is 19.5. The second-order valence-corrected chi connectivity index (χ2v) is 6.80. The lowest BCUT2D eigenvalue weighted by Crippen LogP contribution is -2.45. The number of nitrogens with zero attached hydrogens (tertiary/aromatic N) is 3. The largest absolute Gasteiger partial charge is 0.314 e. The quantitative estimate of drug-likeness (QED) is 0.751. The van der Waals surface area contributed by atoms with E-state index in [-0.39, 0.29) is 18.0 Å². The van der Waals surface area contributed by atoms with Crippen LogP contribution in [-0.2, 0) is 13.0 Å². The van der Waals surface area contributed by atoms with Crippen LogP contribution < -0.4 is 10.9 Å². The third kappa shape index (κ3) is 4.21. The van der Waals surface area contributed by atoms with Crippen LogP contribution in [0.2, 0.25) is 0 Å². The van der Waals surface area contributed by atoms with Gasteiger partial charge in [-0.05, 0) is 29.7 Å². The van der Waals surface area contributed by atoms with Crippen molar-refractivity contribution < 1.29 is 0 Å². The van der Waals surface area contributed by atoms with E-state index in [1.807, 2.05) is 18.2 Å². The van der Waals surface area contributed by atoms with Gasteiger partial charge in [0.15, 0.2) is 0 Å². The Kier molecular flexibility index (Phi) is 6.26. The molecule has 1 N–H and O–H groups in total. The van der Waals surface area contributed by atoms with Gasteiger partial charge in [0.2, 0.25) is 0 Å². The van der Waals surface area contributed by atoms with Crippen LogP contribution in [0.15, 0.2) is 59.5 Å². The number of hydrogen-bond acceptors (Lipinski definition) is 4. The maximum absolute atomic E-state index is 12.4. The third-order valence-electron chi connectivity index (χ3n) is 5.12. The fraction of sp³-hybridized carbons (Fsp3) is 0.333. The summed E-state index contributed by atoms with van der Waals surface area (Å²) >= 11 is 0. The van der Waals surface area contributed by atoms with E-state index < -0.39 is 0 Å². The first-order valence-corrected chi connectivity index (χ1v) is 9.25. The predicted molar refractivity (Wildman–Crippen MR) is 111 cm³/mol. The van der Waals surface area contributed by atoms with Crippen molar-refractivity contribution in [3.8, 4) is 0 Å². The molecule has 1 unspecified atom stereocenters. The summed E-state index contributed by atoms with van der Waals surface area (Å²) < 4.78 is 1.59. The molecule has 1 aliphatic rings. The second kappa shape index (κ2) is 8.65. The SMILES string of the molecule is CCc1ccc(C2CNCCN2Cc2cc(=O)n3ccccc3n2)cc1.Cl. The van der Waals surface area contributed by atoms with Gasteiger partial charge < -0.3 is 5.32 Å². The van der Waals surface area contributed by atoms with E-state index in [1.54, 1.807) is 16.7 Å². The highest BCUT2D eigenvalue weighted by atomic mass is 35.5. The zero-order valence-electron chi connectivity index (χ0n) is 15.5. The van der Waals surface area contributed by atoms with Crippen molar-refractivity contribution in [2.45, 2.75) is 25.9 Å². The molecule has 1 aliphatic heterocycles. The number of pyridine rings is 1. The molecule has 0 amide bonds. The molecule has 27 heavy (non-hydrogen) atoms. The van der Waals surface area contributed by atoms with Gasteiger partial charge in [-0.15, -0.1) is 12.4 Å². The molecule has 142 valence electrons. The number of benzene rings is 1. The fourth-order valence-electron chi connectivity index (χ4n) is 3.63. The summed E-state index contributed by atoms with van der Waals surface area (Å²) in [5.41, 5.74) is 4.18. The highest BCUT2D eigenvalue weighted by molar-refractivity contribution is 5.85. The van der Waals surface area contributed by atoms with Crippen LogP contribution in [0.4, 0.5) is 0 Å². The van der Waals surface area contributed by atoms with E-state index in [9.17, 15) is 4.79 Å². The molecule has 5 nitrogen and oxygen atoms in total. The van der Waals surface area contributed by atoms with E-state index >= 15 is 0 Å². The molecular formula is C21H25ClN4O. The van der Waals surface area contributed by atoms with Gasteiger partial charge in [-0.3, -0.25) is 14.1 Å². The van der Waals surface area contributed by atoms with Gasteiger partial charge in [0, 0.05) is 44.5 Å². The molecule has 1 aromatic carbocycles.